The maximum absolute atomic E-state index is 6.22. The van der Waals surface area contributed by atoms with Gasteiger partial charge in [0.1, 0.15) is 0 Å². The van der Waals surface area contributed by atoms with Gasteiger partial charge in [-0.15, -0.1) is 0 Å². The van der Waals surface area contributed by atoms with E-state index in [0.717, 1.165) is 0 Å². The molecule has 9 heteroatoms. The van der Waals surface area contributed by atoms with E-state index in [1.54, 1.807) is 0 Å². The van der Waals surface area contributed by atoms with E-state index in [9.17, 15) is 0 Å². The molecule has 0 unspecified atom stereocenters. The van der Waals surface area contributed by atoms with Gasteiger partial charge < -0.3 is 12.3 Å². The van der Waals surface area contributed by atoms with E-state index in [1.165, 1.54) is 0 Å². The molecule has 0 fully saturated rings. The maximum atomic E-state index is 6.22. The van der Waals surface area contributed by atoms with E-state index < -0.39 is 31.0 Å². The SMILES string of the molecule is C[Si](C)(Br)O[Si](C)(C)O[Si](C)(C)O[Si](C)(C)Br. The third-order valence-electron chi connectivity index (χ3n) is 1.47. The third kappa shape index (κ3) is 11.2. The van der Waals surface area contributed by atoms with Crippen LogP contribution in [0.4, 0.5) is 0 Å². The molecule has 0 radical (unpaired) electrons. The van der Waals surface area contributed by atoms with Gasteiger partial charge in [0.05, 0.1) is 0 Å². The molecule has 0 bridgehead atoms. The first-order valence-corrected chi connectivity index (χ1v) is 21.6. The van der Waals surface area contributed by atoms with Crippen molar-refractivity contribution in [1.82, 2.24) is 0 Å². The van der Waals surface area contributed by atoms with Gasteiger partial charge in [-0.25, -0.2) is 0 Å². The zero-order valence-corrected chi connectivity index (χ0v) is 19.2. The Labute approximate surface area is 126 Å². The van der Waals surface area contributed by atoms with Gasteiger partial charge in [0.25, 0.3) is 0 Å². The minimum absolute atomic E-state index is 1.74. The van der Waals surface area contributed by atoms with Crippen LogP contribution in [0.1, 0.15) is 0 Å². The normalized spacial score (nSPS) is 15.2. The molecule has 0 saturated heterocycles. The lowest BCUT2D eigenvalue weighted by molar-refractivity contribution is 0.338. The van der Waals surface area contributed by atoms with Crippen molar-refractivity contribution in [2.24, 2.45) is 0 Å². The van der Waals surface area contributed by atoms with Crippen molar-refractivity contribution in [3.8, 4) is 0 Å². The molecule has 0 atom stereocenters. The Kier molecular flexibility index (Phi) is 6.60. The van der Waals surface area contributed by atoms with Gasteiger partial charge in [-0.2, -0.15) is 0 Å². The van der Waals surface area contributed by atoms with E-state index in [1.807, 2.05) is 0 Å². The van der Waals surface area contributed by atoms with Crippen molar-refractivity contribution in [3.05, 3.63) is 0 Å². The molecule has 0 spiro atoms. The molecule has 0 aromatic rings. The van der Waals surface area contributed by atoms with Crippen LogP contribution in [0, 0.1) is 0 Å². The van der Waals surface area contributed by atoms with Crippen LogP contribution in [0.2, 0.25) is 52.4 Å². The summed E-state index contributed by atoms with van der Waals surface area (Å²) in [6, 6.07) is 0. The van der Waals surface area contributed by atoms with Crippen LogP contribution in [0.3, 0.4) is 0 Å². The van der Waals surface area contributed by atoms with Crippen molar-refractivity contribution >= 4 is 61.6 Å². The Morgan fingerprint density at radius 2 is 0.765 bits per heavy atom. The van der Waals surface area contributed by atoms with Gasteiger partial charge in [0.2, 0.25) is 13.9 Å². The third-order valence-corrected chi connectivity index (χ3v) is 16.1. The largest absolute Gasteiger partial charge is 0.428 e. The average molecular weight is 440 g/mol. The van der Waals surface area contributed by atoms with E-state index in [4.69, 9.17) is 12.3 Å². The highest BCUT2D eigenvalue weighted by Gasteiger charge is 2.42. The molecule has 0 aliphatic heterocycles. The molecule has 0 aliphatic carbocycles. The smallest absolute Gasteiger partial charge is 0.313 e. The van der Waals surface area contributed by atoms with E-state index >= 15 is 0 Å². The average Bonchev–Trinajstić information content (AvgIpc) is 1.65. The lowest BCUT2D eigenvalue weighted by atomic mass is 11.9. The quantitative estimate of drug-likeness (QED) is 0.445. The Morgan fingerprint density at radius 1 is 0.529 bits per heavy atom. The topological polar surface area (TPSA) is 27.7 Å². The van der Waals surface area contributed by atoms with Crippen LogP contribution in [0.25, 0.3) is 0 Å². The molecular weight excluding hydrogens is 416 g/mol. The molecule has 0 saturated carbocycles. The fraction of sp³-hybridized carbons (Fsp3) is 1.00. The first-order valence-electron chi connectivity index (χ1n) is 5.60. The number of rotatable bonds is 6. The molecule has 0 aromatic carbocycles. The van der Waals surface area contributed by atoms with Gasteiger partial charge in [-0.3, -0.25) is 0 Å². The number of hydrogen-bond donors (Lipinski definition) is 0. The molecule has 17 heavy (non-hydrogen) atoms. The van der Waals surface area contributed by atoms with Crippen molar-refractivity contribution in [3.63, 3.8) is 0 Å². The predicted molar refractivity (Wildman–Crippen MR) is 91.0 cm³/mol. The molecule has 104 valence electrons. The highest BCUT2D eigenvalue weighted by Crippen LogP contribution is 2.27. The van der Waals surface area contributed by atoms with Crippen LogP contribution < -0.4 is 0 Å². The van der Waals surface area contributed by atoms with Gasteiger partial charge in [0.15, 0.2) is 0 Å². The van der Waals surface area contributed by atoms with Crippen molar-refractivity contribution in [2.45, 2.75) is 52.4 Å². The summed E-state index contributed by atoms with van der Waals surface area (Å²) in [6.07, 6.45) is 0. The zero-order chi connectivity index (χ0) is 14.1. The van der Waals surface area contributed by atoms with E-state index in [0.29, 0.717) is 0 Å². The van der Waals surface area contributed by atoms with E-state index in [2.05, 4.69) is 83.0 Å². The first-order chi connectivity index (χ1) is 7.12. The minimum Gasteiger partial charge on any atom is -0.428 e. The standard InChI is InChI=1S/C8H24Br2O3Si4/c1-14(2,9)11-16(5,6)13-17(7,8)12-15(3,4)10/h1-8H3. The highest BCUT2D eigenvalue weighted by atomic mass is 79.9. The van der Waals surface area contributed by atoms with Crippen molar-refractivity contribution in [1.29, 1.82) is 0 Å². The molecule has 0 amide bonds. The fourth-order valence-electron chi connectivity index (χ4n) is 1.80. The predicted octanol–water partition coefficient (Wildman–Crippen LogP) is 4.63. The summed E-state index contributed by atoms with van der Waals surface area (Å²) in [5, 5.41) is 0. The zero-order valence-electron chi connectivity index (χ0n) is 12.0. The second-order valence-corrected chi connectivity index (χ2v) is 30.8. The molecular formula is C8H24Br2O3Si4. The van der Waals surface area contributed by atoms with Gasteiger partial charge in [-0.1, -0.05) is 30.6 Å². The van der Waals surface area contributed by atoms with E-state index in [-0.39, 0.29) is 0 Å². The fourth-order valence-corrected chi connectivity index (χ4v) is 24.0. The van der Waals surface area contributed by atoms with Crippen molar-refractivity contribution in [2.75, 3.05) is 0 Å². The second-order valence-electron chi connectivity index (χ2n) is 5.83. The van der Waals surface area contributed by atoms with Crippen LogP contribution >= 0.6 is 30.6 Å². The monoisotopic (exact) mass is 438 g/mol. The summed E-state index contributed by atoms with van der Waals surface area (Å²) in [7, 11) is -4.24. The number of halogens is 2. The minimum atomic E-state index is -2.12. The maximum Gasteiger partial charge on any atom is 0.313 e. The van der Waals surface area contributed by atoms with Crippen LogP contribution in [0.5, 0.6) is 0 Å². The molecule has 0 aromatic heterocycles. The molecule has 0 aliphatic rings. The summed E-state index contributed by atoms with van der Waals surface area (Å²) in [4.78, 5) is 0. The molecule has 0 heterocycles. The van der Waals surface area contributed by atoms with Gasteiger partial charge >= 0.3 is 17.1 Å². The Morgan fingerprint density at radius 3 is 0.941 bits per heavy atom. The van der Waals surface area contributed by atoms with Gasteiger partial charge in [-0.05, 0) is 52.4 Å². The summed E-state index contributed by atoms with van der Waals surface area (Å²) in [5.74, 6) is 0. The summed E-state index contributed by atoms with van der Waals surface area (Å²) in [5.41, 5.74) is 0. The second kappa shape index (κ2) is 6.00. The lowest BCUT2D eigenvalue weighted by Gasteiger charge is -2.38. The molecule has 0 rings (SSSR count). The lowest BCUT2D eigenvalue weighted by Crippen LogP contribution is -2.54. The van der Waals surface area contributed by atoms with Crippen LogP contribution in [0.15, 0.2) is 0 Å². The molecule has 3 nitrogen and oxygen atoms in total. The summed E-state index contributed by atoms with van der Waals surface area (Å²) < 4.78 is 18.4. The Bertz CT molecular complexity index is 234. The highest BCUT2D eigenvalue weighted by molar-refractivity contribution is 9.26. The Hall–Kier alpha value is 1.71. The van der Waals surface area contributed by atoms with Gasteiger partial charge in [0, 0.05) is 0 Å². The van der Waals surface area contributed by atoms with Crippen molar-refractivity contribution < 1.29 is 12.3 Å². The number of hydrogen-bond acceptors (Lipinski definition) is 3. The first kappa shape index (κ1) is 18.7. The summed E-state index contributed by atoms with van der Waals surface area (Å²) in [6.45, 7) is 13.3. The Balaban J connectivity index is 4.59. The van der Waals surface area contributed by atoms with Crippen LogP contribution in [-0.2, 0) is 12.3 Å². The molecule has 0 N–H and O–H groups in total. The van der Waals surface area contributed by atoms with Crippen LogP contribution in [-0.4, -0.2) is 31.0 Å². The summed E-state index contributed by atoms with van der Waals surface area (Å²) >= 11 is 7.26.